The molecule has 0 aliphatic rings. The highest BCUT2D eigenvalue weighted by Gasteiger charge is 2.23. The molecule has 0 aliphatic carbocycles. The Morgan fingerprint density at radius 2 is 1.77 bits per heavy atom. The third-order valence-corrected chi connectivity index (χ3v) is 7.82. The van der Waals surface area contributed by atoms with Gasteiger partial charge in [-0.25, -0.2) is 13.4 Å². The summed E-state index contributed by atoms with van der Waals surface area (Å²) in [5.41, 5.74) is 1.45. The first kappa shape index (κ1) is 23.1. The lowest BCUT2D eigenvalue weighted by Crippen LogP contribution is -2.30. The number of nitrogens with one attached hydrogen (secondary N) is 1. The highest BCUT2D eigenvalue weighted by atomic mass is 35.5. The Hall–Kier alpha value is -3.66. The average molecular weight is 524 g/mol. The van der Waals surface area contributed by atoms with Gasteiger partial charge in [-0.15, -0.1) is 0 Å². The van der Waals surface area contributed by atoms with Gasteiger partial charge < -0.3 is 4.42 Å². The second-order valence-corrected chi connectivity index (χ2v) is 10.7. The molecule has 2 heterocycles. The maximum absolute atomic E-state index is 13.5. The molecule has 35 heavy (non-hydrogen) atoms. The lowest BCUT2D eigenvalue weighted by Gasteiger charge is -2.19. The molecular formula is C25H18ClN3O4S2. The molecule has 0 spiro atoms. The number of thiazole rings is 1. The van der Waals surface area contributed by atoms with Crippen LogP contribution in [0.4, 0.5) is 10.8 Å². The minimum Gasteiger partial charge on any atom is -0.467 e. The predicted molar refractivity (Wildman–Crippen MR) is 138 cm³/mol. The highest BCUT2D eigenvalue weighted by Crippen LogP contribution is 2.32. The number of halogens is 1. The van der Waals surface area contributed by atoms with Crippen LogP contribution < -0.4 is 9.62 Å². The van der Waals surface area contributed by atoms with E-state index in [4.69, 9.17) is 16.0 Å². The van der Waals surface area contributed by atoms with Gasteiger partial charge in [0.15, 0.2) is 5.13 Å². The summed E-state index contributed by atoms with van der Waals surface area (Å²) in [6.45, 7) is 0.182. The van der Waals surface area contributed by atoms with E-state index >= 15 is 0 Å². The van der Waals surface area contributed by atoms with Crippen molar-refractivity contribution in [1.82, 2.24) is 4.98 Å². The molecule has 7 nitrogen and oxygen atoms in total. The number of hydrogen-bond donors (Lipinski definition) is 1. The summed E-state index contributed by atoms with van der Waals surface area (Å²) < 4.78 is 34.0. The fraction of sp³-hybridized carbons (Fsp3) is 0.0400. The number of nitrogens with zero attached hydrogens (tertiary/aromatic N) is 2. The van der Waals surface area contributed by atoms with Crippen molar-refractivity contribution in [3.8, 4) is 0 Å². The van der Waals surface area contributed by atoms with Crippen LogP contribution in [-0.2, 0) is 16.6 Å². The Balaban J connectivity index is 1.43. The number of hydrogen-bond acceptors (Lipinski definition) is 6. The summed E-state index contributed by atoms with van der Waals surface area (Å²) in [7, 11) is -3.74. The fourth-order valence-electron chi connectivity index (χ4n) is 3.44. The Labute approximate surface area is 210 Å². The zero-order valence-corrected chi connectivity index (χ0v) is 20.5. The first-order valence-corrected chi connectivity index (χ1v) is 13.2. The number of rotatable bonds is 7. The van der Waals surface area contributed by atoms with Gasteiger partial charge in [0.2, 0.25) is 0 Å². The van der Waals surface area contributed by atoms with Gasteiger partial charge in [0.05, 0.1) is 27.9 Å². The van der Waals surface area contributed by atoms with Crippen LogP contribution in [0.3, 0.4) is 0 Å². The zero-order valence-electron chi connectivity index (χ0n) is 18.1. The van der Waals surface area contributed by atoms with Crippen LogP contribution in [0, 0.1) is 0 Å². The van der Waals surface area contributed by atoms with Crippen molar-refractivity contribution in [2.45, 2.75) is 11.4 Å². The molecule has 0 aliphatic heterocycles. The van der Waals surface area contributed by atoms with Crippen LogP contribution in [0.5, 0.6) is 0 Å². The molecule has 5 aromatic rings. The van der Waals surface area contributed by atoms with Crippen molar-refractivity contribution in [3.63, 3.8) is 0 Å². The van der Waals surface area contributed by atoms with Crippen molar-refractivity contribution in [1.29, 1.82) is 0 Å². The summed E-state index contributed by atoms with van der Waals surface area (Å²) in [6, 6.07) is 23.2. The Kier molecular flexibility index (Phi) is 6.29. The van der Waals surface area contributed by atoms with Gasteiger partial charge in [-0.2, -0.15) is 0 Å². The van der Waals surface area contributed by atoms with Crippen molar-refractivity contribution in [2.24, 2.45) is 0 Å². The smallest absolute Gasteiger partial charge is 0.261 e. The topological polar surface area (TPSA) is 92.5 Å². The van der Waals surface area contributed by atoms with Gasteiger partial charge in [0.25, 0.3) is 15.9 Å². The number of amides is 1. The lowest BCUT2D eigenvalue weighted by molar-refractivity contribution is 0.0983. The van der Waals surface area contributed by atoms with E-state index in [1.165, 1.54) is 28.4 Å². The van der Waals surface area contributed by atoms with E-state index in [1.54, 1.807) is 79.1 Å². The minimum absolute atomic E-state index is 0.153. The Morgan fingerprint density at radius 3 is 2.49 bits per heavy atom. The van der Waals surface area contributed by atoms with Gasteiger partial charge in [-0.1, -0.05) is 41.1 Å². The van der Waals surface area contributed by atoms with Gasteiger partial charge in [0, 0.05) is 16.3 Å². The van der Waals surface area contributed by atoms with Crippen LogP contribution in [0.1, 0.15) is 16.1 Å². The molecular weight excluding hydrogens is 506 g/mol. The first-order valence-electron chi connectivity index (χ1n) is 10.5. The third kappa shape index (κ3) is 5.07. The van der Waals surface area contributed by atoms with E-state index in [0.29, 0.717) is 27.2 Å². The first-order chi connectivity index (χ1) is 16.9. The van der Waals surface area contributed by atoms with E-state index in [9.17, 15) is 13.2 Å². The van der Waals surface area contributed by atoms with Crippen LogP contribution in [0.25, 0.3) is 10.2 Å². The van der Waals surface area contributed by atoms with Gasteiger partial charge in [-0.3, -0.25) is 14.4 Å². The van der Waals surface area contributed by atoms with E-state index in [1.807, 2.05) is 0 Å². The number of furan rings is 1. The van der Waals surface area contributed by atoms with Crippen molar-refractivity contribution >= 4 is 59.9 Å². The molecule has 5 rings (SSSR count). The molecule has 0 atom stereocenters. The Morgan fingerprint density at radius 1 is 1.00 bits per heavy atom. The van der Waals surface area contributed by atoms with Crippen LogP contribution >= 0.6 is 22.9 Å². The molecule has 0 bridgehead atoms. The molecule has 0 radical (unpaired) electrons. The standard InChI is InChI=1S/C25H18ClN3O4S2/c26-18-10-13-22-23(15-18)34-25(27-22)29(16-20-5-4-14-33-20)24(30)17-8-11-19(12-9-17)28-35(31,32)21-6-2-1-3-7-21/h1-15,28H,16H2. The van der Waals surface area contributed by atoms with Crippen LogP contribution in [0.2, 0.25) is 5.02 Å². The molecule has 0 fully saturated rings. The van der Waals surface area contributed by atoms with Crippen molar-refractivity contribution in [3.05, 3.63) is 108 Å². The number of fused-ring (bicyclic) bond motifs is 1. The normalized spacial score (nSPS) is 11.5. The molecule has 1 N–H and O–H groups in total. The summed E-state index contributed by atoms with van der Waals surface area (Å²) in [4.78, 5) is 19.8. The van der Waals surface area contributed by atoms with Gasteiger partial charge in [0.1, 0.15) is 5.76 Å². The zero-order chi connectivity index (χ0) is 24.4. The largest absolute Gasteiger partial charge is 0.467 e. The quantitative estimate of drug-likeness (QED) is 0.274. The summed E-state index contributed by atoms with van der Waals surface area (Å²) in [6.07, 6.45) is 1.55. The number of sulfonamides is 1. The number of anilines is 2. The maximum atomic E-state index is 13.5. The van der Waals surface area contributed by atoms with Crippen LogP contribution in [-0.4, -0.2) is 19.3 Å². The van der Waals surface area contributed by atoms with E-state index in [-0.39, 0.29) is 17.3 Å². The molecule has 0 saturated carbocycles. The lowest BCUT2D eigenvalue weighted by atomic mass is 10.2. The highest BCUT2D eigenvalue weighted by molar-refractivity contribution is 7.92. The van der Waals surface area contributed by atoms with Crippen molar-refractivity contribution in [2.75, 3.05) is 9.62 Å². The molecule has 2 aromatic heterocycles. The van der Waals surface area contributed by atoms with Crippen LogP contribution in [0.15, 0.2) is 101 Å². The predicted octanol–water partition coefficient (Wildman–Crippen LogP) is 6.19. The van der Waals surface area contributed by atoms with Gasteiger partial charge >= 0.3 is 0 Å². The average Bonchev–Trinajstić information content (AvgIpc) is 3.52. The van der Waals surface area contributed by atoms with Gasteiger partial charge in [-0.05, 0) is 66.7 Å². The van der Waals surface area contributed by atoms with E-state index < -0.39 is 10.0 Å². The number of aromatic nitrogens is 1. The fourth-order valence-corrected chi connectivity index (χ4v) is 5.76. The Bertz CT molecular complexity index is 1580. The van der Waals surface area contributed by atoms with Crippen molar-refractivity contribution < 1.29 is 17.6 Å². The minimum atomic E-state index is -3.74. The molecule has 0 unspecified atom stereocenters. The van der Waals surface area contributed by atoms with E-state index in [2.05, 4.69) is 9.71 Å². The SMILES string of the molecule is O=C(c1ccc(NS(=O)(=O)c2ccccc2)cc1)N(Cc1ccco1)c1nc2ccc(Cl)cc2s1. The molecule has 3 aromatic carbocycles. The number of benzene rings is 3. The second kappa shape index (κ2) is 9.53. The summed E-state index contributed by atoms with van der Waals surface area (Å²) in [5.74, 6) is 0.298. The second-order valence-electron chi connectivity index (χ2n) is 7.58. The maximum Gasteiger partial charge on any atom is 0.261 e. The monoisotopic (exact) mass is 523 g/mol. The molecule has 10 heteroatoms. The summed E-state index contributed by atoms with van der Waals surface area (Å²) in [5, 5.41) is 1.09. The van der Waals surface area contributed by atoms with E-state index in [0.717, 1.165) is 10.2 Å². The molecule has 176 valence electrons. The number of carbonyl (C=O) groups excluding carboxylic acids is 1. The molecule has 0 saturated heterocycles. The number of carbonyl (C=O) groups is 1. The summed E-state index contributed by atoms with van der Waals surface area (Å²) >= 11 is 7.46. The molecule has 1 amide bonds. The third-order valence-electron chi connectivity index (χ3n) is 5.15.